The minimum Gasteiger partial charge on any atom is -0.207 e. The topological polar surface area (TPSA) is 46.2 Å². The van der Waals surface area contributed by atoms with Gasteiger partial charge in [0.25, 0.3) is 0 Å². The van der Waals surface area contributed by atoms with Crippen molar-refractivity contribution >= 4 is 10.0 Å². The molecule has 1 aromatic carbocycles. The second kappa shape index (κ2) is 5.04. The summed E-state index contributed by atoms with van der Waals surface area (Å²) in [7, 11) is -4.00. The molecule has 0 saturated carbocycles. The summed E-state index contributed by atoms with van der Waals surface area (Å²) in [6.07, 6.45) is -4.58. The second-order valence-electron chi connectivity index (χ2n) is 5.73. The molecule has 0 aromatic heterocycles. The molecule has 3 nitrogen and oxygen atoms in total. The summed E-state index contributed by atoms with van der Waals surface area (Å²) in [5.41, 5.74) is -1.94. The molecule has 0 aliphatic carbocycles. The Morgan fingerprint density at radius 1 is 1.05 bits per heavy atom. The SMILES string of the molecule is Cc1ccc(S(=O)(=O)NC(C)(C)C)c(C)c1C(F)(F)F. The van der Waals surface area contributed by atoms with Crippen LogP contribution in [0.1, 0.15) is 37.5 Å². The van der Waals surface area contributed by atoms with E-state index in [1.165, 1.54) is 26.0 Å². The van der Waals surface area contributed by atoms with Gasteiger partial charge in [-0.25, -0.2) is 13.1 Å². The van der Waals surface area contributed by atoms with Crippen molar-refractivity contribution in [2.75, 3.05) is 0 Å². The van der Waals surface area contributed by atoms with Gasteiger partial charge in [-0.1, -0.05) is 6.07 Å². The molecule has 1 aromatic rings. The maximum absolute atomic E-state index is 13.0. The van der Waals surface area contributed by atoms with Crippen molar-refractivity contribution in [2.24, 2.45) is 0 Å². The van der Waals surface area contributed by atoms with Gasteiger partial charge in [0.1, 0.15) is 0 Å². The fraction of sp³-hybridized carbons (Fsp3) is 0.538. The monoisotopic (exact) mass is 309 g/mol. The molecular weight excluding hydrogens is 291 g/mol. The van der Waals surface area contributed by atoms with Crippen LogP contribution in [0.4, 0.5) is 13.2 Å². The lowest BCUT2D eigenvalue weighted by atomic mass is 10.0. The number of sulfonamides is 1. The minimum atomic E-state index is -4.58. The van der Waals surface area contributed by atoms with Crippen LogP contribution in [0.15, 0.2) is 17.0 Å². The van der Waals surface area contributed by atoms with Gasteiger partial charge in [0, 0.05) is 5.54 Å². The van der Waals surface area contributed by atoms with Crippen LogP contribution in [0.3, 0.4) is 0 Å². The van der Waals surface area contributed by atoms with Crippen LogP contribution in [-0.2, 0) is 16.2 Å². The van der Waals surface area contributed by atoms with Gasteiger partial charge in [0.2, 0.25) is 10.0 Å². The Bertz CT molecular complexity index is 614. The molecule has 0 aliphatic heterocycles. The summed E-state index contributed by atoms with van der Waals surface area (Å²) in [5.74, 6) is 0. The van der Waals surface area contributed by atoms with Crippen LogP contribution in [0.5, 0.6) is 0 Å². The first kappa shape index (κ1) is 17.0. The van der Waals surface area contributed by atoms with Crippen molar-refractivity contribution in [3.63, 3.8) is 0 Å². The number of hydrogen-bond acceptors (Lipinski definition) is 2. The highest BCUT2D eigenvalue weighted by atomic mass is 32.2. The number of halogens is 3. The van der Waals surface area contributed by atoms with Gasteiger partial charge < -0.3 is 0 Å². The first-order valence-corrected chi connectivity index (χ1v) is 7.45. The molecule has 0 atom stereocenters. The van der Waals surface area contributed by atoms with Gasteiger partial charge >= 0.3 is 6.18 Å². The Kier molecular flexibility index (Phi) is 4.27. The summed E-state index contributed by atoms with van der Waals surface area (Å²) in [4.78, 5) is -0.342. The third-order valence-electron chi connectivity index (χ3n) is 2.64. The maximum Gasteiger partial charge on any atom is 0.416 e. The van der Waals surface area contributed by atoms with Crippen LogP contribution in [0, 0.1) is 13.8 Å². The van der Waals surface area contributed by atoms with Gasteiger partial charge in [0.15, 0.2) is 0 Å². The van der Waals surface area contributed by atoms with Gasteiger partial charge in [-0.15, -0.1) is 0 Å². The van der Waals surface area contributed by atoms with Crippen molar-refractivity contribution < 1.29 is 21.6 Å². The van der Waals surface area contributed by atoms with E-state index in [-0.39, 0.29) is 16.0 Å². The van der Waals surface area contributed by atoms with Crippen LogP contribution < -0.4 is 4.72 Å². The van der Waals surface area contributed by atoms with Crippen LogP contribution >= 0.6 is 0 Å². The van der Waals surface area contributed by atoms with E-state index in [0.29, 0.717) is 0 Å². The van der Waals surface area contributed by atoms with Crippen molar-refractivity contribution in [3.05, 3.63) is 28.8 Å². The average Bonchev–Trinajstić information content (AvgIpc) is 2.09. The Morgan fingerprint density at radius 3 is 1.95 bits per heavy atom. The fourth-order valence-electron chi connectivity index (χ4n) is 2.01. The highest BCUT2D eigenvalue weighted by Crippen LogP contribution is 2.36. The molecule has 7 heteroatoms. The van der Waals surface area contributed by atoms with E-state index in [4.69, 9.17) is 0 Å². The predicted molar refractivity (Wildman–Crippen MR) is 71.0 cm³/mol. The first-order chi connectivity index (χ1) is 8.76. The van der Waals surface area contributed by atoms with Gasteiger partial charge in [-0.3, -0.25) is 0 Å². The predicted octanol–water partition coefficient (Wildman–Crippen LogP) is 3.40. The lowest BCUT2D eigenvalue weighted by molar-refractivity contribution is -0.138. The summed E-state index contributed by atoms with van der Waals surface area (Å²) in [6.45, 7) is 7.35. The quantitative estimate of drug-likeness (QED) is 0.910. The summed E-state index contributed by atoms with van der Waals surface area (Å²) in [5, 5.41) is 0. The Labute approximate surface area is 117 Å². The van der Waals surface area contributed by atoms with E-state index in [9.17, 15) is 21.6 Å². The average molecular weight is 309 g/mol. The van der Waals surface area contributed by atoms with Crippen molar-refractivity contribution in [1.29, 1.82) is 0 Å². The molecule has 0 spiro atoms. The van der Waals surface area contributed by atoms with Crippen molar-refractivity contribution in [1.82, 2.24) is 4.72 Å². The standard InChI is InChI=1S/C13H18F3NO2S/c1-8-6-7-10(9(2)11(8)13(14,15)16)20(18,19)17-12(3,4)5/h6-7,17H,1-5H3. The fourth-order valence-corrected chi connectivity index (χ4v) is 3.68. The molecule has 20 heavy (non-hydrogen) atoms. The molecule has 0 heterocycles. The van der Waals surface area contributed by atoms with Gasteiger partial charge in [0.05, 0.1) is 10.5 Å². The zero-order valence-electron chi connectivity index (χ0n) is 12.0. The Balaban J connectivity index is 3.50. The number of aryl methyl sites for hydroxylation is 1. The molecule has 1 N–H and O–H groups in total. The summed E-state index contributed by atoms with van der Waals surface area (Å²) < 4.78 is 65.7. The largest absolute Gasteiger partial charge is 0.416 e. The third kappa shape index (κ3) is 3.73. The molecular formula is C13H18F3NO2S. The number of hydrogen-bond donors (Lipinski definition) is 1. The highest BCUT2D eigenvalue weighted by Gasteiger charge is 2.37. The number of nitrogens with one attached hydrogen (secondary N) is 1. The van der Waals surface area contributed by atoms with Crippen molar-refractivity contribution in [2.45, 2.75) is 51.2 Å². The molecule has 0 radical (unpaired) electrons. The van der Waals surface area contributed by atoms with E-state index in [1.54, 1.807) is 20.8 Å². The number of benzene rings is 1. The zero-order valence-corrected chi connectivity index (χ0v) is 12.8. The lowest BCUT2D eigenvalue weighted by Gasteiger charge is -2.22. The van der Waals surface area contributed by atoms with E-state index in [0.717, 1.165) is 0 Å². The molecule has 0 aliphatic rings. The second-order valence-corrected chi connectivity index (χ2v) is 7.38. The van der Waals surface area contributed by atoms with Crippen LogP contribution in [-0.4, -0.2) is 14.0 Å². The Morgan fingerprint density at radius 2 is 1.55 bits per heavy atom. The zero-order chi connectivity index (χ0) is 15.9. The van der Waals surface area contributed by atoms with E-state index in [2.05, 4.69) is 4.72 Å². The number of alkyl halides is 3. The Hall–Kier alpha value is -1.08. The highest BCUT2D eigenvalue weighted by molar-refractivity contribution is 7.89. The van der Waals surface area contributed by atoms with E-state index < -0.39 is 27.3 Å². The molecule has 0 unspecified atom stereocenters. The lowest BCUT2D eigenvalue weighted by Crippen LogP contribution is -2.40. The van der Waals surface area contributed by atoms with Crippen LogP contribution in [0.25, 0.3) is 0 Å². The third-order valence-corrected chi connectivity index (χ3v) is 4.54. The summed E-state index contributed by atoms with van der Waals surface area (Å²) in [6, 6.07) is 2.38. The molecule has 0 saturated heterocycles. The van der Waals surface area contributed by atoms with E-state index >= 15 is 0 Å². The van der Waals surface area contributed by atoms with Crippen molar-refractivity contribution in [3.8, 4) is 0 Å². The smallest absolute Gasteiger partial charge is 0.207 e. The molecule has 0 bridgehead atoms. The van der Waals surface area contributed by atoms with E-state index in [1.807, 2.05) is 0 Å². The van der Waals surface area contributed by atoms with Gasteiger partial charge in [-0.05, 0) is 51.8 Å². The van der Waals surface area contributed by atoms with Crippen LogP contribution in [0.2, 0.25) is 0 Å². The minimum absolute atomic E-state index is 0.00436. The summed E-state index contributed by atoms with van der Waals surface area (Å²) >= 11 is 0. The molecule has 1 rings (SSSR count). The first-order valence-electron chi connectivity index (χ1n) is 5.97. The number of rotatable bonds is 2. The molecule has 114 valence electrons. The van der Waals surface area contributed by atoms with Gasteiger partial charge in [-0.2, -0.15) is 13.2 Å². The maximum atomic E-state index is 13.0. The normalized spacial score (nSPS) is 13.6. The molecule has 0 fully saturated rings. The molecule has 0 amide bonds.